The molecule has 0 unspecified atom stereocenters. The van der Waals surface area contributed by atoms with Crippen molar-refractivity contribution in [2.45, 2.75) is 0 Å². The summed E-state index contributed by atoms with van der Waals surface area (Å²) in [6, 6.07) is 19.2. The first-order valence-electron chi connectivity index (χ1n) is 8.39. The first-order valence-corrected chi connectivity index (χ1v) is 10.7. The van der Waals surface area contributed by atoms with Gasteiger partial charge >= 0.3 is 0 Å². The lowest BCUT2D eigenvalue weighted by atomic mass is 9.95. The molecule has 0 saturated heterocycles. The molecule has 0 fully saturated rings. The van der Waals surface area contributed by atoms with Crippen LogP contribution in [-0.4, -0.2) is 0 Å². The van der Waals surface area contributed by atoms with Crippen LogP contribution in [0.15, 0.2) is 69.6 Å². The van der Waals surface area contributed by atoms with Gasteiger partial charge in [-0.05, 0) is 66.9 Å². The van der Waals surface area contributed by atoms with E-state index in [-0.39, 0.29) is 0 Å². The van der Waals surface area contributed by atoms with Gasteiger partial charge in [0, 0.05) is 41.2 Å². The molecule has 140 valence electrons. The molecular weight excluding hydrogens is 523 g/mol. The Bertz CT molecular complexity index is 1140. The average molecular weight is 537 g/mol. The second-order valence-electron chi connectivity index (χ2n) is 6.36. The van der Waals surface area contributed by atoms with Gasteiger partial charge in [0.1, 0.15) is 0 Å². The summed E-state index contributed by atoms with van der Waals surface area (Å²) in [5, 5.41) is 3.14. The number of halogens is 4. The molecule has 0 aliphatic rings. The zero-order valence-corrected chi connectivity index (χ0v) is 19.1. The fourth-order valence-corrected chi connectivity index (χ4v) is 4.85. The molecule has 4 rings (SSSR count). The fourth-order valence-electron chi connectivity index (χ4n) is 3.29. The summed E-state index contributed by atoms with van der Waals surface area (Å²) in [4.78, 5) is 0. The standard InChI is InChI=1S/C22H14Br2Cl2N2/c23-19-14-10-16(12-6-2-4-8-18(12)26)22(28)20(24)13(14)9-15(21(19)27)11-5-1-3-7-17(11)25/h1-10H,27-28H2. The highest BCUT2D eigenvalue weighted by Crippen LogP contribution is 2.47. The van der Waals surface area contributed by atoms with Gasteiger partial charge in [0.25, 0.3) is 0 Å². The van der Waals surface area contributed by atoms with Crippen molar-refractivity contribution < 1.29 is 0 Å². The maximum Gasteiger partial charge on any atom is 0.0545 e. The van der Waals surface area contributed by atoms with Crippen LogP contribution in [-0.2, 0) is 0 Å². The molecule has 0 aliphatic carbocycles. The van der Waals surface area contributed by atoms with Crippen LogP contribution in [0.2, 0.25) is 10.0 Å². The Balaban J connectivity index is 2.06. The van der Waals surface area contributed by atoms with E-state index in [2.05, 4.69) is 31.9 Å². The molecule has 0 bridgehead atoms. The second kappa shape index (κ2) is 7.60. The first kappa shape index (κ1) is 19.6. The summed E-state index contributed by atoms with van der Waals surface area (Å²) in [7, 11) is 0. The summed E-state index contributed by atoms with van der Waals surface area (Å²) < 4.78 is 1.57. The number of nitrogen functional groups attached to an aromatic ring is 2. The van der Waals surface area contributed by atoms with E-state index in [9.17, 15) is 0 Å². The third-order valence-corrected chi connectivity index (χ3v) is 7.09. The van der Waals surface area contributed by atoms with Crippen LogP contribution in [0.4, 0.5) is 11.4 Å². The zero-order valence-electron chi connectivity index (χ0n) is 14.4. The minimum atomic E-state index is 0.613. The Kier molecular flexibility index (Phi) is 5.32. The summed E-state index contributed by atoms with van der Waals surface area (Å²) in [5.41, 5.74) is 17.6. The molecule has 0 heterocycles. The maximum absolute atomic E-state index is 6.48. The third kappa shape index (κ3) is 3.18. The van der Waals surface area contributed by atoms with Crippen LogP contribution in [0.5, 0.6) is 0 Å². The van der Waals surface area contributed by atoms with Gasteiger partial charge in [0.05, 0.1) is 11.4 Å². The van der Waals surface area contributed by atoms with E-state index in [0.29, 0.717) is 21.4 Å². The number of fused-ring (bicyclic) bond motifs is 1. The van der Waals surface area contributed by atoms with Crippen molar-refractivity contribution in [3.05, 3.63) is 79.7 Å². The van der Waals surface area contributed by atoms with Crippen molar-refractivity contribution in [1.82, 2.24) is 0 Å². The van der Waals surface area contributed by atoms with Gasteiger partial charge in [0.2, 0.25) is 0 Å². The molecule has 2 nitrogen and oxygen atoms in total. The van der Waals surface area contributed by atoms with Crippen molar-refractivity contribution in [3.8, 4) is 22.3 Å². The average Bonchev–Trinajstić information content (AvgIpc) is 2.69. The van der Waals surface area contributed by atoms with E-state index >= 15 is 0 Å². The van der Waals surface area contributed by atoms with Crippen LogP contribution < -0.4 is 11.5 Å². The van der Waals surface area contributed by atoms with E-state index < -0.39 is 0 Å². The van der Waals surface area contributed by atoms with Gasteiger partial charge < -0.3 is 11.5 Å². The van der Waals surface area contributed by atoms with Crippen LogP contribution in [0.3, 0.4) is 0 Å². The van der Waals surface area contributed by atoms with Crippen molar-refractivity contribution in [2.75, 3.05) is 11.5 Å². The number of rotatable bonds is 2. The number of hydrogen-bond donors (Lipinski definition) is 2. The van der Waals surface area contributed by atoms with Crippen molar-refractivity contribution in [2.24, 2.45) is 0 Å². The Hall–Kier alpha value is -1.72. The number of anilines is 2. The normalized spacial score (nSPS) is 11.1. The van der Waals surface area contributed by atoms with E-state index in [1.807, 2.05) is 60.7 Å². The van der Waals surface area contributed by atoms with E-state index in [0.717, 1.165) is 42.0 Å². The molecule has 0 atom stereocenters. The van der Waals surface area contributed by atoms with Crippen molar-refractivity contribution in [3.63, 3.8) is 0 Å². The molecule has 4 aromatic carbocycles. The van der Waals surface area contributed by atoms with Crippen LogP contribution in [0, 0.1) is 0 Å². The molecule has 0 saturated carbocycles. The predicted octanol–water partition coefficient (Wildman–Crippen LogP) is 8.17. The maximum atomic E-state index is 6.48. The highest BCUT2D eigenvalue weighted by molar-refractivity contribution is 9.11. The molecule has 0 aliphatic heterocycles. The quantitative estimate of drug-likeness (QED) is 0.254. The minimum absolute atomic E-state index is 0.613. The van der Waals surface area contributed by atoms with E-state index in [1.165, 1.54) is 0 Å². The third-order valence-electron chi connectivity index (χ3n) is 4.72. The van der Waals surface area contributed by atoms with Gasteiger partial charge in [0.15, 0.2) is 0 Å². The minimum Gasteiger partial charge on any atom is -0.397 e. The molecule has 4 N–H and O–H groups in total. The lowest BCUT2D eigenvalue weighted by Crippen LogP contribution is -1.98. The first-order chi connectivity index (χ1) is 13.4. The highest BCUT2D eigenvalue weighted by Gasteiger charge is 2.19. The van der Waals surface area contributed by atoms with E-state index in [4.69, 9.17) is 34.7 Å². The lowest BCUT2D eigenvalue weighted by molar-refractivity contribution is 1.58. The smallest absolute Gasteiger partial charge is 0.0545 e. The van der Waals surface area contributed by atoms with Crippen molar-refractivity contribution in [1.29, 1.82) is 0 Å². The van der Waals surface area contributed by atoms with Crippen molar-refractivity contribution >= 4 is 77.2 Å². The van der Waals surface area contributed by atoms with Gasteiger partial charge in [-0.25, -0.2) is 0 Å². The Morgan fingerprint density at radius 1 is 0.571 bits per heavy atom. The summed E-state index contributed by atoms with van der Waals surface area (Å²) in [6.07, 6.45) is 0. The van der Waals surface area contributed by atoms with E-state index in [1.54, 1.807) is 0 Å². The Labute approximate surface area is 189 Å². The monoisotopic (exact) mass is 534 g/mol. The summed E-state index contributed by atoms with van der Waals surface area (Å²) >= 11 is 20.2. The topological polar surface area (TPSA) is 52.0 Å². The van der Waals surface area contributed by atoms with Crippen LogP contribution >= 0.6 is 55.1 Å². The largest absolute Gasteiger partial charge is 0.397 e. The molecule has 0 amide bonds. The van der Waals surface area contributed by atoms with Crippen LogP contribution in [0.25, 0.3) is 33.0 Å². The van der Waals surface area contributed by atoms with Gasteiger partial charge in [-0.15, -0.1) is 0 Å². The van der Waals surface area contributed by atoms with Crippen LogP contribution in [0.1, 0.15) is 0 Å². The summed E-state index contributed by atoms with van der Waals surface area (Å²) in [5.74, 6) is 0. The fraction of sp³-hybridized carbons (Fsp3) is 0. The SMILES string of the molecule is Nc1c(-c2ccccc2Cl)cc2c(Br)c(N)c(-c3ccccc3Cl)cc2c1Br. The zero-order chi connectivity index (χ0) is 20.0. The van der Waals surface area contributed by atoms with Gasteiger partial charge in [-0.3, -0.25) is 0 Å². The number of benzene rings is 4. The summed E-state index contributed by atoms with van der Waals surface area (Å²) in [6.45, 7) is 0. The molecule has 28 heavy (non-hydrogen) atoms. The highest BCUT2D eigenvalue weighted by atomic mass is 79.9. The number of hydrogen-bond acceptors (Lipinski definition) is 2. The molecule has 0 aromatic heterocycles. The number of nitrogens with two attached hydrogens (primary N) is 2. The Morgan fingerprint density at radius 3 is 1.29 bits per heavy atom. The molecule has 0 radical (unpaired) electrons. The van der Waals surface area contributed by atoms with Gasteiger partial charge in [-0.1, -0.05) is 59.6 Å². The molecular formula is C22H14Br2Cl2N2. The molecule has 0 spiro atoms. The Morgan fingerprint density at radius 2 is 0.929 bits per heavy atom. The lowest BCUT2D eigenvalue weighted by Gasteiger charge is -2.17. The second-order valence-corrected chi connectivity index (χ2v) is 8.76. The molecule has 6 heteroatoms. The molecule has 4 aromatic rings. The predicted molar refractivity (Wildman–Crippen MR) is 129 cm³/mol. The van der Waals surface area contributed by atoms with Gasteiger partial charge in [-0.2, -0.15) is 0 Å².